The van der Waals surface area contributed by atoms with Crippen LogP contribution >= 0.6 is 0 Å². The van der Waals surface area contributed by atoms with Crippen molar-refractivity contribution >= 4 is 5.69 Å². The van der Waals surface area contributed by atoms with E-state index >= 15 is 0 Å². The maximum Gasteiger partial charge on any atom is 0.0552 e. The topological polar surface area (TPSA) is 16.1 Å². The van der Waals surface area contributed by atoms with Crippen molar-refractivity contribution < 1.29 is 0 Å². The summed E-state index contributed by atoms with van der Waals surface area (Å²) in [5, 5.41) is 0. The van der Waals surface area contributed by atoms with Crippen molar-refractivity contribution in [2.75, 3.05) is 18.0 Å². The molecule has 1 saturated heterocycles. The highest BCUT2D eigenvalue weighted by atomic mass is 15.2. The Hall–Kier alpha value is -1.05. The number of rotatable bonds is 3. The number of anilines is 1. The minimum Gasteiger partial charge on any atom is -0.370 e. The molecule has 1 aliphatic heterocycles. The highest BCUT2D eigenvalue weighted by Gasteiger charge is 2.27. The van der Waals surface area contributed by atoms with E-state index in [0.29, 0.717) is 0 Å². The highest BCUT2D eigenvalue weighted by Crippen LogP contribution is 2.27. The van der Waals surface area contributed by atoms with Crippen molar-refractivity contribution in [3.63, 3.8) is 0 Å². The molecule has 2 rings (SSSR count). The zero-order valence-electron chi connectivity index (χ0n) is 8.98. The van der Waals surface area contributed by atoms with Crippen LogP contribution in [0.3, 0.4) is 0 Å². The SMILES string of the molecule is CC(C)CC1CN(c2cccnc2)C1. The van der Waals surface area contributed by atoms with Gasteiger partial charge in [0.2, 0.25) is 0 Å². The van der Waals surface area contributed by atoms with Crippen LogP contribution in [0.4, 0.5) is 5.69 Å². The Kier molecular flexibility index (Phi) is 2.71. The number of nitrogens with zero attached hydrogens (tertiary/aromatic N) is 2. The molecule has 2 heteroatoms. The molecule has 0 aliphatic carbocycles. The second-order valence-electron chi connectivity index (χ2n) is 4.61. The molecule has 0 spiro atoms. The monoisotopic (exact) mass is 190 g/mol. The second-order valence-corrected chi connectivity index (χ2v) is 4.61. The van der Waals surface area contributed by atoms with E-state index in [1.807, 2.05) is 18.5 Å². The fraction of sp³-hybridized carbons (Fsp3) is 0.583. The van der Waals surface area contributed by atoms with Crippen LogP contribution in [0, 0.1) is 11.8 Å². The van der Waals surface area contributed by atoms with Gasteiger partial charge in [0.25, 0.3) is 0 Å². The first kappa shape index (κ1) is 9.50. The van der Waals surface area contributed by atoms with Gasteiger partial charge in [-0.05, 0) is 30.4 Å². The molecule has 0 saturated carbocycles. The number of pyridine rings is 1. The molecule has 0 aromatic carbocycles. The van der Waals surface area contributed by atoms with Gasteiger partial charge in [-0.15, -0.1) is 0 Å². The summed E-state index contributed by atoms with van der Waals surface area (Å²) in [4.78, 5) is 6.53. The first-order chi connectivity index (χ1) is 6.75. The minimum atomic E-state index is 0.830. The van der Waals surface area contributed by atoms with Crippen molar-refractivity contribution in [1.29, 1.82) is 0 Å². The molecule has 0 N–H and O–H groups in total. The van der Waals surface area contributed by atoms with Gasteiger partial charge in [-0.3, -0.25) is 4.98 Å². The first-order valence-corrected chi connectivity index (χ1v) is 5.40. The van der Waals surface area contributed by atoms with Gasteiger partial charge >= 0.3 is 0 Å². The van der Waals surface area contributed by atoms with Crippen LogP contribution in [0.2, 0.25) is 0 Å². The third-order valence-electron chi connectivity index (χ3n) is 2.77. The van der Waals surface area contributed by atoms with E-state index in [9.17, 15) is 0 Å². The lowest BCUT2D eigenvalue weighted by Crippen LogP contribution is -2.47. The molecule has 0 radical (unpaired) electrons. The summed E-state index contributed by atoms with van der Waals surface area (Å²) >= 11 is 0. The van der Waals surface area contributed by atoms with Gasteiger partial charge in [0.05, 0.1) is 11.9 Å². The zero-order valence-corrected chi connectivity index (χ0v) is 8.98. The van der Waals surface area contributed by atoms with E-state index in [4.69, 9.17) is 0 Å². The molecular formula is C12H18N2. The fourth-order valence-electron chi connectivity index (χ4n) is 2.14. The van der Waals surface area contributed by atoms with Gasteiger partial charge in [0.15, 0.2) is 0 Å². The summed E-state index contributed by atoms with van der Waals surface area (Å²) in [5.74, 6) is 1.73. The Morgan fingerprint density at radius 2 is 2.29 bits per heavy atom. The summed E-state index contributed by atoms with van der Waals surface area (Å²) in [6.45, 7) is 7.02. The van der Waals surface area contributed by atoms with E-state index in [1.54, 1.807) is 0 Å². The molecule has 0 bridgehead atoms. The third kappa shape index (κ3) is 2.06. The van der Waals surface area contributed by atoms with Gasteiger partial charge in [0, 0.05) is 19.3 Å². The van der Waals surface area contributed by atoms with Crippen LogP contribution in [-0.4, -0.2) is 18.1 Å². The quantitative estimate of drug-likeness (QED) is 0.728. The molecule has 2 heterocycles. The third-order valence-corrected chi connectivity index (χ3v) is 2.77. The molecule has 0 atom stereocenters. The second kappa shape index (κ2) is 3.99. The predicted molar refractivity (Wildman–Crippen MR) is 59.4 cm³/mol. The highest BCUT2D eigenvalue weighted by molar-refractivity contribution is 5.46. The van der Waals surface area contributed by atoms with Gasteiger partial charge < -0.3 is 4.90 Å². The molecule has 1 fully saturated rings. The molecule has 0 amide bonds. The number of aromatic nitrogens is 1. The van der Waals surface area contributed by atoms with Crippen molar-refractivity contribution in [2.24, 2.45) is 11.8 Å². The largest absolute Gasteiger partial charge is 0.370 e. The van der Waals surface area contributed by atoms with Crippen LogP contribution in [0.15, 0.2) is 24.5 Å². The number of hydrogen-bond acceptors (Lipinski definition) is 2. The number of hydrogen-bond donors (Lipinski definition) is 0. The van der Waals surface area contributed by atoms with Crippen LogP contribution in [0.5, 0.6) is 0 Å². The van der Waals surface area contributed by atoms with Gasteiger partial charge in [-0.25, -0.2) is 0 Å². The first-order valence-electron chi connectivity index (χ1n) is 5.40. The Morgan fingerprint density at radius 1 is 1.50 bits per heavy atom. The van der Waals surface area contributed by atoms with Crippen molar-refractivity contribution in [3.05, 3.63) is 24.5 Å². The van der Waals surface area contributed by atoms with Crippen molar-refractivity contribution in [1.82, 2.24) is 4.98 Å². The summed E-state index contributed by atoms with van der Waals surface area (Å²) in [5.41, 5.74) is 1.27. The van der Waals surface area contributed by atoms with E-state index < -0.39 is 0 Å². The normalized spacial score (nSPS) is 17.2. The standard InChI is InChI=1S/C12H18N2/c1-10(2)6-11-8-14(9-11)12-4-3-5-13-7-12/h3-5,7,10-11H,6,8-9H2,1-2H3. The van der Waals surface area contributed by atoms with Gasteiger partial charge in [0.1, 0.15) is 0 Å². The zero-order chi connectivity index (χ0) is 9.97. The Bertz CT molecular complexity index is 276. The molecule has 1 aromatic heterocycles. The smallest absolute Gasteiger partial charge is 0.0552 e. The van der Waals surface area contributed by atoms with Crippen LogP contribution < -0.4 is 4.90 Å². The van der Waals surface area contributed by atoms with Crippen LogP contribution in [0.1, 0.15) is 20.3 Å². The average Bonchev–Trinajstić information content (AvgIpc) is 2.12. The fourth-order valence-corrected chi connectivity index (χ4v) is 2.14. The Labute approximate surface area is 86.0 Å². The van der Waals surface area contributed by atoms with E-state index in [2.05, 4.69) is 29.8 Å². The summed E-state index contributed by atoms with van der Waals surface area (Å²) in [6, 6.07) is 4.14. The van der Waals surface area contributed by atoms with Crippen LogP contribution in [0.25, 0.3) is 0 Å². The average molecular weight is 190 g/mol. The summed E-state index contributed by atoms with van der Waals surface area (Å²) in [7, 11) is 0. The maximum absolute atomic E-state index is 4.13. The van der Waals surface area contributed by atoms with E-state index in [0.717, 1.165) is 11.8 Å². The minimum absolute atomic E-state index is 0.830. The molecule has 1 aliphatic rings. The van der Waals surface area contributed by atoms with Gasteiger partial charge in [-0.1, -0.05) is 13.8 Å². The molecular weight excluding hydrogens is 172 g/mol. The predicted octanol–water partition coefficient (Wildman–Crippen LogP) is 2.56. The van der Waals surface area contributed by atoms with E-state index in [1.165, 1.54) is 25.2 Å². The molecule has 1 aromatic rings. The van der Waals surface area contributed by atoms with Gasteiger partial charge in [-0.2, -0.15) is 0 Å². The lowest BCUT2D eigenvalue weighted by molar-refractivity contribution is 0.337. The lowest BCUT2D eigenvalue weighted by atomic mass is 9.90. The maximum atomic E-state index is 4.13. The molecule has 0 unspecified atom stereocenters. The molecule has 14 heavy (non-hydrogen) atoms. The molecule has 76 valence electrons. The lowest BCUT2D eigenvalue weighted by Gasteiger charge is -2.41. The Morgan fingerprint density at radius 3 is 2.86 bits per heavy atom. The molecule has 2 nitrogen and oxygen atoms in total. The van der Waals surface area contributed by atoms with Crippen molar-refractivity contribution in [2.45, 2.75) is 20.3 Å². The summed E-state index contributed by atoms with van der Waals surface area (Å²) in [6.07, 6.45) is 5.14. The van der Waals surface area contributed by atoms with Crippen LogP contribution in [-0.2, 0) is 0 Å². The summed E-state index contributed by atoms with van der Waals surface area (Å²) < 4.78 is 0. The van der Waals surface area contributed by atoms with E-state index in [-0.39, 0.29) is 0 Å². The Balaban J connectivity index is 1.83. The van der Waals surface area contributed by atoms with Crippen molar-refractivity contribution in [3.8, 4) is 0 Å².